The van der Waals surface area contributed by atoms with Gasteiger partial charge in [-0.05, 0) is 20.8 Å². The van der Waals surface area contributed by atoms with Crippen molar-refractivity contribution in [2.45, 2.75) is 26.4 Å². The standard InChI is InChI=1S/C11H18N4O3/c1-11(2,3)18-10(17)13-5-4-12-8-6-9(16)15-14-7-8/h6-7H,4-5H2,1-3H3,(H,13,17)(H2,12,15,16). The number of anilines is 1. The normalized spacial score (nSPS) is 10.8. The van der Waals surface area contributed by atoms with Crippen molar-refractivity contribution in [3.8, 4) is 0 Å². The molecule has 0 unspecified atom stereocenters. The Labute approximate surface area is 105 Å². The lowest BCUT2D eigenvalue weighted by Crippen LogP contribution is -2.35. The molecule has 1 amide bonds. The van der Waals surface area contributed by atoms with E-state index in [0.29, 0.717) is 18.8 Å². The maximum Gasteiger partial charge on any atom is 0.407 e. The van der Waals surface area contributed by atoms with E-state index in [4.69, 9.17) is 4.74 Å². The van der Waals surface area contributed by atoms with Crippen LogP contribution >= 0.6 is 0 Å². The predicted molar refractivity (Wildman–Crippen MR) is 67.6 cm³/mol. The summed E-state index contributed by atoms with van der Waals surface area (Å²) >= 11 is 0. The van der Waals surface area contributed by atoms with E-state index >= 15 is 0 Å². The summed E-state index contributed by atoms with van der Waals surface area (Å²) in [4.78, 5) is 22.2. The van der Waals surface area contributed by atoms with Gasteiger partial charge in [0.05, 0.1) is 11.9 Å². The smallest absolute Gasteiger partial charge is 0.407 e. The fraction of sp³-hybridized carbons (Fsp3) is 0.545. The summed E-state index contributed by atoms with van der Waals surface area (Å²) in [6.07, 6.45) is 1.03. The molecule has 0 bridgehead atoms. The number of aromatic nitrogens is 2. The van der Waals surface area contributed by atoms with E-state index in [1.807, 2.05) is 0 Å². The van der Waals surface area contributed by atoms with Crippen molar-refractivity contribution < 1.29 is 9.53 Å². The van der Waals surface area contributed by atoms with E-state index in [2.05, 4.69) is 20.8 Å². The summed E-state index contributed by atoms with van der Waals surface area (Å²) in [5.41, 5.74) is -0.182. The predicted octanol–water partition coefficient (Wildman–Crippen LogP) is 0.706. The van der Waals surface area contributed by atoms with Crippen molar-refractivity contribution >= 4 is 11.8 Å². The summed E-state index contributed by atoms with van der Waals surface area (Å²) in [5, 5.41) is 11.5. The summed E-state index contributed by atoms with van der Waals surface area (Å²) < 4.78 is 5.06. The molecule has 1 aromatic rings. The number of rotatable bonds is 4. The minimum atomic E-state index is -0.506. The second-order valence-corrected chi connectivity index (χ2v) is 4.69. The Morgan fingerprint density at radius 2 is 2.17 bits per heavy atom. The molecule has 0 fully saturated rings. The van der Waals surface area contributed by atoms with Gasteiger partial charge in [0.15, 0.2) is 0 Å². The molecule has 3 N–H and O–H groups in total. The highest BCUT2D eigenvalue weighted by Gasteiger charge is 2.15. The minimum absolute atomic E-state index is 0.278. The molecular formula is C11H18N4O3. The molecule has 7 nitrogen and oxygen atoms in total. The van der Waals surface area contributed by atoms with E-state index in [9.17, 15) is 9.59 Å². The molecule has 0 spiro atoms. The quantitative estimate of drug-likeness (QED) is 0.687. The molecule has 7 heteroatoms. The maximum absolute atomic E-state index is 11.3. The first-order valence-electron chi connectivity index (χ1n) is 5.62. The van der Waals surface area contributed by atoms with Gasteiger partial charge >= 0.3 is 6.09 Å². The number of hydrogen-bond donors (Lipinski definition) is 3. The Morgan fingerprint density at radius 3 is 2.78 bits per heavy atom. The van der Waals surface area contributed by atoms with Crippen LogP contribution in [0.1, 0.15) is 20.8 Å². The molecule has 0 aliphatic rings. The van der Waals surface area contributed by atoms with Gasteiger partial charge in [-0.3, -0.25) is 4.79 Å². The first-order chi connectivity index (χ1) is 8.37. The number of H-pyrrole nitrogens is 1. The van der Waals surface area contributed by atoms with Crippen LogP contribution in [0.2, 0.25) is 0 Å². The fourth-order valence-corrected chi connectivity index (χ4v) is 1.16. The minimum Gasteiger partial charge on any atom is -0.444 e. The van der Waals surface area contributed by atoms with Gasteiger partial charge in [0.25, 0.3) is 5.56 Å². The molecule has 0 saturated carbocycles. The van der Waals surface area contributed by atoms with Crippen LogP contribution in [0.25, 0.3) is 0 Å². The Morgan fingerprint density at radius 1 is 1.44 bits per heavy atom. The summed E-state index contributed by atoms with van der Waals surface area (Å²) in [5.74, 6) is 0. The van der Waals surface area contributed by atoms with Gasteiger partial charge in [0, 0.05) is 19.2 Å². The molecule has 18 heavy (non-hydrogen) atoms. The molecule has 1 aromatic heterocycles. The third-order valence-corrected chi connectivity index (χ3v) is 1.79. The van der Waals surface area contributed by atoms with Crippen molar-refractivity contribution in [3.05, 3.63) is 22.6 Å². The highest BCUT2D eigenvalue weighted by Crippen LogP contribution is 2.06. The number of hydrogen-bond acceptors (Lipinski definition) is 5. The molecule has 1 rings (SSSR count). The number of ether oxygens (including phenoxy) is 1. The second-order valence-electron chi connectivity index (χ2n) is 4.69. The van der Waals surface area contributed by atoms with Gasteiger partial charge in [-0.15, -0.1) is 0 Å². The van der Waals surface area contributed by atoms with E-state index in [1.165, 1.54) is 12.3 Å². The van der Waals surface area contributed by atoms with Crippen LogP contribution in [0, 0.1) is 0 Å². The molecular weight excluding hydrogens is 236 g/mol. The Kier molecular flexibility index (Phi) is 4.70. The van der Waals surface area contributed by atoms with Crippen LogP contribution in [-0.4, -0.2) is 35.0 Å². The van der Waals surface area contributed by atoms with Gasteiger partial charge in [-0.25, -0.2) is 9.89 Å². The fourth-order valence-electron chi connectivity index (χ4n) is 1.16. The SMILES string of the molecule is CC(C)(C)OC(=O)NCCNc1cn[nH]c(=O)c1. The van der Waals surface area contributed by atoms with Gasteiger partial charge in [0.2, 0.25) is 0 Å². The van der Waals surface area contributed by atoms with E-state index in [0.717, 1.165) is 0 Å². The number of alkyl carbamates (subject to hydrolysis) is 1. The molecule has 1 heterocycles. The number of nitrogens with zero attached hydrogens (tertiary/aromatic N) is 1. The number of carbonyl (C=O) groups is 1. The Hall–Kier alpha value is -2.05. The average Bonchev–Trinajstić information content (AvgIpc) is 2.22. The van der Waals surface area contributed by atoms with Crippen LogP contribution in [0.4, 0.5) is 10.5 Å². The third kappa shape index (κ3) is 5.88. The number of amides is 1. The van der Waals surface area contributed by atoms with Gasteiger partial charge in [-0.1, -0.05) is 0 Å². The molecule has 0 aliphatic heterocycles. The van der Waals surface area contributed by atoms with Crippen molar-refractivity contribution in [2.24, 2.45) is 0 Å². The maximum atomic E-state index is 11.3. The first kappa shape index (κ1) is 14.0. The second kappa shape index (κ2) is 6.04. The first-order valence-corrected chi connectivity index (χ1v) is 5.62. The zero-order chi connectivity index (χ0) is 13.6. The lowest BCUT2D eigenvalue weighted by molar-refractivity contribution is 0.0530. The molecule has 0 aromatic carbocycles. The third-order valence-electron chi connectivity index (χ3n) is 1.79. The van der Waals surface area contributed by atoms with Crippen LogP contribution < -0.4 is 16.2 Å². The Bertz CT molecular complexity index is 450. The highest BCUT2D eigenvalue weighted by atomic mass is 16.6. The largest absolute Gasteiger partial charge is 0.444 e. The monoisotopic (exact) mass is 254 g/mol. The van der Waals surface area contributed by atoms with Crippen LogP contribution in [0.3, 0.4) is 0 Å². The Balaban J connectivity index is 2.23. The van der Waals surface area contributed by atoms with Crippen molar-refractivity contribution in [1.82, 2.24) is 15.5 Å². The van der Waals surface area contributed by atoms with E-state index in [1.54, 1.807) is 20.8 Å². The topological polar surface area (TPSA) is 96.1 Å². The van der Waals surface area contributed by atoms with Gasteiger partial charge < -0.3 is 15.4 Å². The number of carbonyl (C=O) groups excluding carboxylic acids is 1. The zero-order valence-electron chi connectivity index (χ0n) is 10.7. The van der Waals surface area contributed by atoms with Gasteiger partial charge in [-0.2, -0.15) is 5.10 Å². The lowest BCUT2D eigenvalue weighted by atomic mass is 10.2. The summed E-state index contributed by atoms with van der Waals surface area (Å²) in [6.45, 7) is 6.26. The number of nitrogens with one attached hydrogen (secondary N) is 3. The molecule has 100 valence electrons. The highest BCUT2D eigenvalue weighted by molar-refractivity contribution is 5.67. The van der Waals surface area contributed by atoms with E-state index < -0.39 is 11.7 Å². The molecule has 0 atom stereocenters. The summed E-state index contributed by atoms with van der Waals surface area (Å²) in [6, 6.07) is 1.39. The van der Waals surface area contributed by atoms with Crippen LogP contribution in [0.5, 0.6) is 0 Å². The molecule has 0 aliphatic carbocycles. The van der Waals surface area contributed by atoms with Crippen molar-refractivity contribution in [2.75, 3.05) is 18.4 Å². The van der Waals surface area contributed by atoms with Crippen LogP contribution in [-0.2, 0) is 4.74 Å². The van der Waals surface area contributed by atoms with Crippen molar-refractivity contribution in [1.29, 1.82) is 0 Å². The average molecular weight is 254 g/mol. The van der Waals surface area contributed by atoms with Crippen molar-refractivity contribution in [3.63, 3.8) is 0 Å². The molecule has 0 saturated heterocycles. The van der Waals surface area contributed by atoms with E-state index in [-0.39, 0.29) is 5.56 Å². The summed E-state index contributed by atoms with van der Waals surface area (Å²) in [7, 11) is 0. The number of aromatic amines is 1. The zero-order valence-corrected chi connectivity index (χ0v) is 10.7. The van der Waals surface area contributed by atoms with Crippen LogP contribution in [0.15, 0.2) is 17.1 Å². The van der Waals surface area contributed by atoms with Gasteiger partial charge in [0.1, 0.15) is 5.60 Å². The lowest BCUT2D eigenvalue weighted by Gasteiger charge is -2.19. The molecule has 0 radical (unpaired) electrons.